The van der Waals surface area contributed by atoms with Crippen molar-refractivity contribution in [2.75, 3.05) is 13.2 Å². The predicted octanol–water partition coefficient (Wildman–Crippen LogP) is 22.5. The van der Waals surface area contributed by atoms with Crippen LogP contribution in [0, 0.1) is 0 Å². The number of ether oxygens (including phenoxy) is 3. The van der Waals surface area contributed by atoms with Crippen molar-refractivity contribution in [3.05, 3.63) is 72.9 Å². The number of esters is 3. The van der Waals surface area contributed by atoms with Gasteiger partial charge in [0.05, 0.1) is 0 Å². The van der Waals surface area contributed by atoms with Crippen LogP contribution in [-0.2, 0) is 28.6 Å². The third-order valence-electron chi connectivity index (χ3n) is 14.5. The lowest BCUT2D eigenvalue weighted by Crippen LogP contribution is -2.30. The topological polar surface area (TPSA) is 78.9 Å². The molecule has 0 saturated carbocycles. The highest BCUT2D eigenvalue weighted by atomic mass is 16.6. The summed E-state index contributed by atoms with van der Waals surface area (Å²) in [6.07, 6.45) is 83.6. The maximum absolute atomic E-state index is 12.8. The molecular weight excluding hydrogens is 937 g/mol. The first-order valence-electron chi connectivity index (χ1n) is 32.9. The van der Waals surface area contributed by atoms with Crippen LogP contribution >= 0.6 is 0 Å². The van der Waals surface area contributed by atoms with Gasteiger partial charge in [-0.15, -0.1) is 0 Å². The number of carbonyl (C=O) groups is 3. The molecule has 6 heteroatoms. The highest BCUT2D eigenvalue weighted by Crippen LogP contribution is 2.17. The fourth-order valence-electron chi connectivity index (χ4n) is 9.57. The van der Waals surface area contributed by atoms with Crippen molar-refractivity contribution in [3.8, 4) is 0 Å². The summed E-state index contributed by atoms with van der Waals surface area (Å²) in [6, 6.07) is 0. The molecule has 0 amide bonds. The van der Waals surface area contributed by atoms with Gasteiger partial charge in [-0.2, -0.15) is 0 Å². The van der Waals surface area contributed by atoms with Gasteiger partial charge in [-0.1, -0.05) is 318 Å². The molecule has 0 N–H and O–H groups in total. The third-order valence-corrected chi connectivity index (χ3v) is 14.5. The Hall–Kier alpha value is -3.15. The normalized spacial score (nSPS) is 12.5. The van der Waals surface area contributed by atoms with E-state index in [0.29, 0.717) is 19.3 Å². The second-order valence-corrected chi connectivity index (χ2v) is 22.0. The monoisotopic (exact) mass is 1060 g/mol. The molecule has 0 bridgehead atoms. The van der Waals surface area contributed by atoms with Gasteiger partial charge in [0, 0.05) is 19.3 Å². The van der Waals surface area contributed by atoms with Crippen molar-refractivity contribution in [3.63, 3.8) is 0 Å². The van der Waals surface area contributed by atoms with E-state index in [1.807, 2.05) is 0 Å². The molecule has 0 radical (unpaired) electrons. The lowest BCUT2D eigenvalue weighted by molar-refractivity contribution is -0.167. The molecule has 76 heavy (non-hydrogen) atoms. The van der Waals surface area contributed by atoms with Crippen molar-refractivity contribution in [1.29, 1.82) is 0 Å². The minimum atomic E-state index is -0.768. The second-order valence-electron chi connectivity index (χ2n) is 22.0. The van der Waals surface area contributed by atoms with Crippen molar-refractivity contribution in [2.45, 2.75) is 341 Å². The van der Waals surface area contributed by atoms with E-state index in [4.69, 9.17) is 14.2 Å². The summed E-state index contributed by atoms with van der Waals surface area (Å²) < 4.78 is 16.9. The quantitative estimate of drug-likeness (QED) is 0.0261. The molecule has 0 aromatic rings. The van der Waals surface area contributed by atoms with E-state index in [-0.39, 0.29) is 31.1 Å². The van der Waals surface area contributed by atoms with Gasteiger partial charge in [0.25, 0.3) is 0 Å². The zero-order valence-corrected chi connectivity index (χ0v) is 50.5. The Balaban J connectivity index is 4.03. The van der Waals surface area contributed by atoms with Gasteiger partial charge < -0.3 is 14.2 Å². The Labute approximate surface area is 472 Å². The summed E-state index contributed by atoms with van der Waals surface area (Å²) in [5.74, 6) is -0.852. The second kappa shape index (κ2) is 64.4. The van der Waals surface area contributed by atoms with E-state index in [9.17, 15) is 14.4 Å². The van der Waals surface area contributed by atoms with Gasteiger partial charge >= 0.3 is 17.9 Å². The van der Waals surface area contributed by atoms with Gasteiger partial charge in [0.2, 0.25) is 0 Å². The summed E-state index contributed by atoms with van der Waals surface area (Å²) in [5, 5.41) is 0. The maximum atomic E-state index is 12.8. The van der Waals surface area contributed by atoms with Crippen LogP contribution < -0.4 is 0 Å². The minimum absolute atomic E-state index is 0.0679. The van der Waals surface area contributed by atoms with Crippen LogP contribution in [0.5, 0.6) is 0 Å². The van der Waals surface area contributed by atoms with Crippen LogP contribution in [0.2, 0.25) is 0 Å². The van der Waals surface area contributed by atoms with Gasteiger partial charge in [-0.25, -0.2) is 0 Å². The number of carbonyl (C=O) groups excluding carboxylic acids is 3. The molecule has 0 aliphatic heterocycles. The maximum Gasteiger partial charge on any atom is 0.306 e. The first kappa shape index (κ1) is 72.8. The largest absolute Gasteiger partial charge is 0.462 e. The standard InChI is InChI=1S/C70H124O6/c1-4-7-10-13-16-19-22-24-25-26-27-28-29-30-31-32-33-34-35-36-37-38-39-40-41-42-43-44-45-47-48-51-54-57-60-63-69(72)75-66-67(65-74-68(71)62-59-56-53-50-21-18-15-12-9-6-3)76-70(73)64-61-58-55-52-49-46-23-20-17-14-11-8-5-2/h7,10,16,19,24-25,27-28,30-31,33-34,67H,4-6,8-9,11-15,17-18,20-23,26,29,32,35-66H2,1-3H3/b10-7-,19-16-,25-24-,28-27-,31-30-,34-33-. The van der Waals surface area contributed by atoms with Crippen LogP contribution in [0.25, 0.3) is 0 Å². The molecule has 0 aromatic carbocycles. The molecule has 0 rings (SSSR count). The lowest BCUT2D eigenvalue weighted by Gasteiger charge is -2.18. The van der Waals surface area contributed by atoms with Crippen molar-refractivity contribution >= 4 is 17.9 Å². The van der Waals surface area contributed by atoms with Crippen molar-refractivity contribution in [1.82, 2.24) is 0 Å². The van der Waals surface area contributed by atoms with Gasteiger partial charge in [-0.3, -0.25) is 14.4 Å². The lowest BCUT2D eigenvalue weighted by atomic mass is 10.0. The van der Waals surface area contributed by atoms with E-state index in [1.54, 1.807) is 0 Å². The summed E-state index contributed by atoms with van der Waals surface area (Å²) in [4.78, 5) is 38.1. The zero-order chi connectivity index (χ0) is 55.0. The molecule has 1 unspecified atom stereocenters. The van der Waals surface area contributed by atoms with Crippen molar-refractivity contribution < 1.29 is 28.6 Å². The van der Waals surface area contributed by atoms with Crippen LogP contribution in [-0.4, -0.2) is 37.2 Å². The van der Waals surface area contributed by atoms with Gasteiger partial charge in [-0.05, 0) is 70.6 Å². The fraction of sp³-hybridized carbons (Fsp3) is 0.786. The number of rotatable bonds is 60. The SMILES string of the molecule is CC/C=C\C/C=C\C/C=C\C/C=C\C/C=C\C/C=C\CCCCCCCCCCCCCCCCCCC(=O)OCC(COC(=O)CCCCCCCCCCCC)OC(=O)CCCCCCCCCCCCCCC. The van der Waals surface area contributed by atoms with E-state index >= 15 is 0 Å². The number of unbranched alkanes of at least 4 members (excludes halogenated alkanes) is 37. The highest BCUT2D eigenvalue weighted by Gasteiger charge is 2.19. The molecular formula is C70H124O6. The third kappa shape index (κ3) is 61.7. The Kier molecular flexibility index (Phi) is 61.7. The number of allylic oxidation sites excluding steroid dienone is 12. The number of hydrogen-bond acceptors (Lipinski definition) is 6. The van der Waals surface area contributed by atoms with Crippen LogP contribution in [0.3, 0.4) is 0 Å². The van der Waals surface area contributed by atoms with E-state index < -0.39 is 6.10 Å². The molecule has 440 valence electrons. The van der Waals surface area contributed by atoms with Crippen LogP contribution in [0.15, 0.2) is 72.9 Å². The molecule has 0 aliphatic rings. The molecule has 0 spiro atoms. The molecule has 1 atom stereocenters. The van der Waals surface area contributed by atoms with E-state index in [1.165, 1.54) is 199 Å². The minimum Gasteiger partial charge on any atom is -0.462 e. The average molecular weight is 1060 g/mol. The highest BCUT2D eigenvalue weighted by molar-refractivity contribution is 5.71. The molecule has 0 aliphatic carbocycles. The van der Waals surface area contributed by atoms with Crippen LogP contribution in [0.1, 0.15) is 335 Å². The Morgan fingerprint density at radius 2 is 0.513 bits per heavy atom. The van der Waals surface area contributed by atoms with Crippen molar-refractivity contribution in [2.24, 2.45) is 0 Å². The molecule has 0 fully saturated rings. The summed E-state index contributed by atoms with van der Waals surface area (Å²) >= 11 is 0. The molecule has 0 heterocycles. The Morgan fingerprint density at radius 3 is 0.803 bits per heavy atom. The van der Waals surface area contributed by atoms with Crippen LogP contribution in [0.4, 0.5) is 0 Å². The van der Waals surface area contributed by atoms with Gasteiger partial charge in [0.15, 0.2) is 6.10 Å². The molecule has 0 saturated heterocycles. The smallest absolute Gasteiger partial charge is 0.306 e. The van der Waals surface area contributed by atoms with E-state index in [0.717, 1.165) is 96.3 Å². The first-order chi connectivity index (χ1) is 37.5. The van der Waals surface area contributed by atoms with Gasteiger partial charge in [0.1, 0.15) is 13.2 Å². The molecule has 6 nitrogen and oxygen atoms in total. The predicted molar refractivity (Wildman–Crippen MR) is 330 cm³/mol. The summed E-state index contributed by atoms with van der Waals surface area (Å²) in [5.41, 5.74) is 0. The molecule has 0 aromatic heterocycles. The number of hydrogen-bond donors (Lipinski definition) is 0. The first-order valence-corrected chi connectivity index (χ1v) is 32.9. The average Bonchev–Trinajstić information content (AvgIpc) is 3.42. The summed E-state index contributed by atoms with van der Waals surface area (Å²) in [7, 11) is 0. The Morgan fingerprint density at radius 1 is 0.276 bits per heavy atom. The summed E-state index contributed by atoms with van der Waals surface area (Å²) in [6.45, 7) is 6.55. The Bertz CT molecular complexity index is 1400. The van der Waals surface area contributed by atoms with E-state index in [2.05, 4.69) is 93.7 Å². The zero-order valence-electron chi connectivity index (χ0n) is 50.5. The fourth-order valence-corrected chi connectivity index (χ4v) is 9.57.